The van der Waals surface area contributed by atoms with E-state index in [2.05, 4.69) is 4.72 Å². The number of nitrogens with two attached hydrogens (primary N) is 1. The Hall–Kier alpha value is -1.42. The molecule has 0 fully saturated rings. The lowest BCUT2D eigenvalue weighted by atomic mass is 10.2. The zero-order valence-electron chi connectivity index (χ0n) is 9.39. The van der Waals surface area contributed by atoms with E-state index in [9.17, 15) is 8.42 Å². The van der Waals surface area contributed by atoms with Crippen molar-refractivity contribution < 1.29 is 8.42 Å². The average molecular weight is 253 g/mol. The Morgan fingerprint density at radius 2 is 1.88 bits per heavy atom. The predicted molar refractivity (Wildman–Crippen MR) is 64.6 cm³/mol. The highest BCUT2D eigenvalue weighted by Gasteiger charge is 2.12. The van der Waals surface area contributed by atoms with Crippen LogP contribution in [0, 0.1) is 11.3 Å². The van der Waals surface area contributed by atoms with E-state index in [1.807, 2.05) is 6.07 Å². The number of benzene rings is 1. The van der Waals surface area contributed by atoms with E-state index in [4.69, 9.17) is 11.0 Å². The molecule has 0 unspecified atom stereocenters. The third-order valence-corrected chi connectivity index (χ3v) is 3.69. The molecule has 0 saturated carbocycles. The molecule has 92 valence electrons. The zero-order chi connectivity index (χ0) is 12.7. The number of nitriles is 1. The van der Waals surface area contributed by atoms with Crippen molar-refractivity contribution in [3.8, 4) is 6.07 Å². The molecule has 1 aromatic carbocycles. The molecule has 0 spiro atoms. The summed E-state index contributed by atoms with van der Waals surface area (Å²) in [5.74, 6) is 0. The maximum Gasteiger partial charge on any atom is 0.240 e. The average Bonchev–Trinajstić information content (AvgIpc) is 2.35. The van der Waals surface area contributed by atoms with Gasteiger partial charge in [0.2, 0.25) is 10.0 Å². The maximum atomic E-state index is 11.8. The standard InChI is InChI=1S/C11H15N3O2S/c12-7-1-2-8-14-17(15,16)11-5-3-10(9-13)4-6-11/h3-6,14H,1-2,7-8,12H2. The fourth-order valence-corrected chi connectivity index (χ4v) is 2.34. The Morgan fingerprint density at radius 1 is 1.24 bits per heavy atom. The normalized spacial score (nSPS) is 11.1. The lowest BCUT2D eigenvalue weighted by Gasteiger charge is -2.06. The molecule has 5 nitrogen and oxygen atoms in total. The van der Waals surface area contributed by atoms with Gasteiger partial charge in [-0.3, -0.25) is 0 Å². The van der Waals surface area contributed by atoms with Gasteiger partial charge >= 0.3 is 0 Å². The molecule has 3 N–H and O–H groups in total. The van der Waals surface area contributed by atoms with E-state index < -0.39 is 10.0 Å². The fraction of sp³-hybridized carbons (Fsp3) is 0.364. The van der Waals surface area contributed by atoms with Crippen molar-refractivity contribution in [3.05, 3.63) is 29.8 Å². The number of hydrogen-bond acceptors (Lipinski definition) is 4. The summed E-state index contributed by atoms with van der Waals surface area (Å²) >= 11 is 0. The van der Waals surface area contributed by atoms with E-state index in [0.29, 0.717) is 25.1 Å². The topological polar surface area (TPSA) is 96.0 Å². The van der Waals surface area contributed by atoms with Crippen LogP contribution in [0.2, 0.25) is 0 Å². The second kappa shape index (κ2) is 6.35. The first-order valence-corrected chi connectivity index (χ1v) is 6.78. The van der Waals surface area contributed by atoms with E-state index in [0.717, 1.165) is 6.42 Å². The van der Waals surface area contributed by atoms with Gasteiger partial charge in [-0.1, -0.05) is 0 Å². The summed E-state index contributed by atoms with van der Waals surface area (Å²) in [4.78, 5) is 0.171. The van der Waals surface area contributed by atoms with Crippen molar-refractivity contribution in [3.63, 3.8) is 0 Å². The summed E-state index contributed by atoms with van der Waals surface area (Å²) in [5.41, 5.74) is 5.75. The van der Waals surface area contributed by atoms with Crippen molar-refractivity contribution in [2.24, 2.45) is 5.73 Å². The Kier molecular flexibility index (Phi) is 5.10. The minimum Gasteiger partial charge on any atom is -0.330 e. The van der Waals surface area contributed by atoms with Crippen molar-refractivity contribution >= 4 is 10.0 Å². The summed E-state index contributed by atoms with van der Waals surface area (Å²) in [5, 5.41) is 8.60. The molecule has 0 aliphatic heterocycles. The first kappa shape index (κ1) is 13.6. The first-order valence-electron chi connectivity index (χ1n) is 5.30. The smallest absolute Gasteiger partial charge is 0.240 e. The summed E-state index contributed by atoms with van der Waals surface area (Å²) in [7, 11) is -3.47. The van der Waals surface area contributed by atoms with E-state index >= 15 is 0 Å². The molecule has 0 heterocycles. The Labute approximate surface area is 101 Å². The van der Waals surface area contributed by atoms with Crippen LogP contribution in [-0.2, 0) is 10.0 Å². The number of sulfonamides is 1. The molecule has 0 amide bonds. The van der Waals surface area contributed by atoms with Crippen LogP contribution >= 0.6 is 0 Å². The molecule has 17 heavy (non-hydrogen) atoms. The molecule has 1 aromatic rings. The van der Waals surface area contributed by atoms with Gasteiger partial charge in [0, 0.05) is 6.54 Å². The number of rotatable bonds is 6. The van der Waals surface area contributed by atoms with Gasteiger partial charge in [0.25, 0.3) is 0 Å². The number of hydrogen-bond donors (Lipinski definition) is 2. The molecule has 6 heteroatoms. The lowest BCUT2D eigenvalue weighted by molar-refractivity contribution is 0.577. The molecular formula is C11H15N3O2S. The van der Waals surface area contributed by atoms with Gasteiger partial charge < -0.3 is 5.73 Å². The second-order valence-electron chi connectivity index (χ2n) is 3.53. The van der Waals surface area contributed by atoms with E-state index in [1.54, 1.807) is 0 Å². The molecule has 0 aliphatic carbocycles. The largest absolute Gasteiger partial charge is 0.330 e. The van der Waals surface area contributed by atoms with Crippen LogP contribution in [0.25, 0.3) is 0 Å². The fourth-order valence-electron chi connectivity index (χ4n) is 1.27. The molecule has 1 rings (SSSR count). The van der Waals surface area contributed by atoms with Crippen LogP contribution in [0.4, 0.5) is 0 Å². The highest BCUT2D eigenvalue weighted by atomic mass is 32.2. The summed E-state index contributed by atoms with van der Waals surface area (Å²) in [6, 6.07) is 7.74. The van der Waals surface area contributed by atoms with Crippen molar-refractivity contribution in [1.82, 2.24) is 4.72 Å². The maximum absolute atomic E-state index is 11.8. The molecular weight excluding hydrogens is 238 g/mol. The van der Waals surface area contributed by atoms with Crippen LogP contribution in [-0.4, -0.2) is 21.5 Å². The highest BCUT2D eigenvalue weighted by Crippen LogP contribution is 2.09. The summed E-state index contributed by atoms with van der Waals surface area (Å²) in [6.45, 7) is 0.929. The lowest BCUT2D eigenvalue weighted by Crippen LogP contribution is -2.25. The van der Waals surface area contributed by atoms with Gasteiger partial charge in [-0.2, -0.15) is 5.26 Å². The van der Waals surface area contributed by atoms with Crippen LogP contribution in [0.1, 0.15) is 18.4 Å². The molecule has 0 bridgehead atoms. The Bertz CT molecular complexity index is 488. The summed E-state index contributed by atoms with van der Waals surface area (Å²) in [6.07, 6.45) is 1.50. The molecule has 0 atom stereocenters. The van der Waals surface area contributed by atoms with Crippen LogP contribution in [0.15, 0.2) is 29.2 Å². The monoisotopic (exact) mass is 253 g/mol. The second-order valence-corrected chi connectivity index (χ2v) is 5.30. The third-order valence-electron chi connectivity index (χ3n) is 2.22. The van der Waals surface area contributed by atoms with Gasteiger partial charge in [0.05, 0.1) is 16.5 Å². The van der Waals surface area contributed by atoms with Gasteiger partial charge in [0.15, 0.2) is 0 Å². The summed E-state index contributed by atoms with van der Waals surface area (Å²) < 4.78 is 26.0. The van der Waals surface area contributed by atoms with Gasteiger partial charge in [-0.05, 0) is 43.7 Å². The minimum absolute atomic E-state index is 0.171. The van der Waals surface area contributed by atoms with Gasteiger partial charge in [-0.25, -0.2) is 13.1 Å². The van der Waals surface area contributed by atoms with Gasteiger partial charge in [-0.15, -0.1) is 0 Å². The third kappa shape index (κ3) is 4.15. The highest BCUT2D eigenvalue weighted by molar-refractivity contribution is 7.89. The van der Waals surface area contributed by atoms with E-state index in [1.165, 1.54) is 24.3 Å². The zero-order valence-corrected chi connectivity index (χ0v) is 10.2. The number of unbranched alkanes of at least 4 members (excludes halogenated alkanes) is 1. The Morgan fingerprint density at radius 3 is 2.41 bits per heavy atom. The molecule has 0 saturated heterocycles. The van der Waals surface area contributed by atoms with Crippen LogP contribution in [0.3, 0.4) is 0 Å². The quantitative estimate of drug-likeness (QED) is 0.725. The first-order chi connectivity index (χ1) is 8.10. The Balaban J connectivity index is 2.66. The predicted octanol–water partition coefficient (Wildman–Crippen LogP) is 0.575. The van der Waals surface area contributed by atoms with Crippen LogP contribution in [0.5, 0.6) is 0 Å². The van der Waals surface area contributed by atoms with Crippen molar-refractivity contribution in [2.75, 3.05) is 13.1 Å². The van der Waals surface area contributed by atoms with E-state index in [-0.39, 0.29) is 4.90 Å². The SMILES string of the molecule is N#Cc1ccc(S(=O)(=O)NCCCCN)cc1. The van der Waals surface area contributed by atoms with Crippen LogP contribution < -0.4 is 10.5 Å². The van der Waals surface area contributed by atoms with Crippen molar-refractivity contribution in [1.29, 1.82) is 5.26 Å². The minimum atomic E-state index is -3.47. The molecule has 0 radical (unpaired) electrons. The molecule has 0 aromatic heterocycles. The number of nitrogens with zero attached hydrogens (tertiary/aromatic N) is 1. The van der Waals surface area contributed by atoms with Gasteiger partial charge in [0.1, 0.15) is 0 Å². The number of nitrogens with one attached hydrogen (secondary N) is 1. The molecule has 0 aliphatic rings. The van der Waals surface area contributed by atoms with Crippen molar-refractivity contribution in [2.45, 2.75) is 17.7 Å².